The summed E-state index contributed by atoms with van der Waals surface area (Å²) < 4.78 is 35.1. The molecule has 0 spiro atoms. The summed E-state index contributed by atoms with van der Waals surface area (Å²) in [5, 5.41) is 3.47. The maximum atomic E-state index is 14.2. The number of carbonyl (C=O) groups is 2. The van der Waals surface area contributed by atoms with Gasteiger partial charge in [0.1, 0.15) is 24.1 Å². The quantitative estimate of drug-likeness (QED) is 0.161. The van der Waals surface area contributed by atoms with E-state index in [9.17, 15) is 18.0 Å². The highest BCUT2D eigenvalue weighted by molar-refractivity contribution is 7.92. The van der Waals surface area contributed by atoms with Crippen molar-refractivity contribution >= 4 is 39.1 Å². The minimum absolute atomic E-state index is 0.0355. The number of carbonyl (C=O) groups excluding carboxylic acids is 2. The van der Waals surface area contributed by atoms with Crippen molar-refractivity contribution < 1.29 is 22.7 Å². The van der Waals surface area contributed by atoms with Crippen molar-refractivity contribution in [1.82, 2.24) is 10.2 Å². The van der Waals surface area contributed by atoms with Crippen LogP contribution in [0, 0.1) is 5.92 Å². The Hall–Kier alpha value is -4.34. The molecule has 0 aromatic heterocycles. The van der Waals surface area contributed by atoms with Crippen LogP contribution in [0.4, 0.5) is 5.69 Å². The molecule has 0 aliphatic heterocycles. The van der Waals surface area contributed by atoms with Gasteiger partial charge in [0.05, 0.1) is 10.6 Å². The number of amides is 2. The number of sulfonamides is 1. The Morgan fingerprint density at radius 1 is 0.822 bits per heavy atom. The fraction of sp³-hybridized carbons (Fsp3) is 0.257. The molecule has 1 atom stereocenters. The number of para-hydroxylation sites is 1. The van der Waals surface area contributed by atoms with Gasteiger partial charge in [0.15, 0.2) is 0 Å². The molecule has 0 aliphatic carbocycles. The lowest BCUT2D eigenvalue weighted by molar-refractivity contribution is -0.140. The summed E-state index contributed by atoms with van der Waals surface area (Å²) in [5.41, 5.74) is 1.03. The van der Waals surface area contributed by atoms with Gasteiger partial charge in [0.25, 0.3) is 10.0 Å². The second-order valence-corrected chi connectivity index (χ2v) is 13.2. The van der Waals surface area contributed by atoms with Crippen molar-refractivity contribution in [2.45, 2.75) is 44.7 Å². The highest BCUT2D eigenvalue weighted by Crippen LogP contribution is 2.29. The number of anilines is 1. The molecular formula is C35H38ClN3O5S. The summed E-state index contributed by atoms with van der Waals surface area (Å²) in [4.78, 5) is 29.1. The standard InChI is InChI=1S/C35H38ClN3O5S/c1-4-33(35(41)37-23-26(2)3)38(24-27-15-17-28(36)18-16-27)34(40)25-39(45(42,43)32-13-9-6-10-14-32)29-19-21-31(22-20-29)44-30-11-7-5-8-12-30/h5-22,26,33H,4,23-25H2,1-3H3,(H,37,41). The number of ether oxygens (including phenoxy) is 1. The molecule has 0 radical (unpaired) electrons. The number of halogens is 1. The van der Waals surface area contributed by atoms with E-state index in [1.807, 2.05) is 51.1 Å². The van der Waals surface area contributed by atoms with Crippen LogP contribution in [-0.2, 0) is 26.2 Å². The molecule has 236 valence electrons. The van der Waals surface area contributed by atoms with Gasteiger partial charge in [-0.2, -0.15) is 0 Å². The van der Waals surface area contributed by atoms with Crippen LogP contribution in [-0.4, -0.2) is 44.3 Å². The van der Waals surface area contributed by atoms with E-state index >= 15 is 0 Å². The Morgan fingerprint density at radius 3 is 1.98 bits per heavy atom. The fourth-order valence-electron chi connectivity index (χ4n) is 4.68. The van der Waals surface area contributed by atoms with Crippen LogP contribution in [0.25, 0.3) is 0 Å². The van der Waals surface area contributed by atoms with Gasteiger partial charge in [-0.1, -0.05) is 80.9 Å². The number of hydrogen-bond donors (Lipinski definition) is 1. The molecular weight excluding hydrogens is 610 g/mol. The van der Waals surface area contributed by atoms with Gasteiger partial charge in [-0.15, -0.1) is 0 Å². The Balaban J connectivity index is 1.70. The predicted molar refractivity (Wildman–Crippen MR) is 178 cm³/mol. The first-order chi connectivity index (χ1) is 21.6. The number of hydrogen-bond acceptors (Lipinski definition) is 5. The highest BCUT2D eigenvalue weighted by atomic mass is 35.5. The van der Waals surface area contributed by atoms with E-state index in [2.05, 4.69) is 5.32 Å². The number of nitrogens with zero attached hydrogens (tertiary/aromatic N) is 2. The summed E-state index contributed by atoms with van der Waals surface area (Å²) in [6.07, 6.45) is 0.334. The predicted octanol–water partition coefficient (Wildman–Crippen LogP) is 6.91. The molecule has 0 saturated carbocycles. The number of rotatable bonds is 14. The molecule has 4 aromatic carbocycles. The lowest BCUT2D eigenvalue weighted by Gasteiger charge is -2.33. The molecule has 4 aromatic rings. The van der Waals surface area contributed by atoms with E-state index in [1.54, 1.807) is 66.7 Å². The molecule has 1 N–H and O–H groups in total. The van der Waals surface area contributed by atoms with Crippen molar-refractivity contribution in [1.29, 1.82) is 0 Å². The zero-order valence-corrected chi connectivity index (χ0v) is 27.2. The van der Waals surface area contributed by atoms with Gasteiger partial charge in [0, 0.05) is 18.1 Å². The van der Waals surface area contributed by atoms with Crippen LogP contribution in [0.2, 0.25) is 5.02 Å². The molecule has 4 rings (SSSR count). The number of nitrogens with one attached hydrogen (secondary N) is 1. The van der Waals surface area contributed by atoms with Gasteiger partial charge in [-0.3, -0.25) is 13.9 Å². The maximum Gasteiger partial charge on any atom is 0.264 e. The van der Waals surface area contributed by atoms with Gasteiger partial charge in [-0.05, 0) is 78.6 Å². The van der Waals surface area contributed by atoms with Crippen molar-refractivity contribution in [3.8, 4) is 11.5 Å². The lowest BCUT2D eigenvalue weighted by atomic mass is 10.1. The van der Waals surface area contributed by atoms with Gasteiger partial charge in [0.2, 0.25) is 11.8 Å². The first-order valence-corrected chi connectivity index (χ1v) is 16.6. The summed E-state index contributed by atoms with van der Waals surface area (Å²) in [5.74, 6) is 0.528. The highest BCUT2D eigenvalue weighted by Gasteiger charge is 2.33. The van der Waals surface area contributed by atoms with E-state index in [0.29, 0.717) is 29.5 Å². The van der Waals surface area contributed by atoms with Gasteiger partial charge in [-0.25, -0.2) is 8.42 Å². The average Bonchev–Trinajstić information content (AvgIpc) is 3.04. The van der Waals surface area contributed by atoms with Gasteiger partial charge < -0.3 is 15.0 Å². The molecule has 8 nitrogen and oxygen atoms in total. The molecule has 45 heavy (non-hydrogen) atoms. The van der Waals surface area contributed by atoms with Crippen LogP contribution >= 0.6 is 11.6 Å². The van der Waals surface area contributed by atoms with Gasteiger partial charge >= 0.3 is 0 Å². The summed E-state index contributed by atoms with van der Waals surface area (Å²) in [6.45, 7) is 5.81. The summed E-state index contributed by atoms with van der Waals surface area (Å²) in [7, 11) is -4.18. The van der Waals surface area contributed by atoms with E-state index in [-0.39, 0.29) is 29.0 Å². The summed E-state index contributed by atoms with van der Waals surface area (Å²) >= 11 is 6.10. The number of benzene rings is 4. The second-order valence-electron chi connectivity index (χ2n) is 10.9. The third-order valence-electron chi connectivity index (χ3n) is 7.05. The van der Waals surface area contributed by atoms with Crippen molar-refractivity contribution in [2.75, 3.05) is 17.4 Å². The normalized spacial score (nSPS) is 11.9. The fourth-order valence-corrected chi connectivity index (χ4v) is 6.24. The monoisotopic (exact) mass is 647 g/mol. The first kappa shape index (κ1) is 33.6. The third-order valence-corrected chi connectivity index (χ3v) is 9.09. The minimum atomic E-state index is -4.18. The Bertz CT molecular complexity index is 1650. The maximum absolute atomic E-state index is 14.2. The third kappa shape index (κ3) is 9.09. The summed E-state index contributed by atoms with van der Waals surface area (Å²) in [6, 6.07) is 29.8. The van der Waals surface area contributed by atoms with Crippen LogP contribution in [0.1, 0.15) is 32.8 Å². The molecule has 2 amide bonds. The Kier molecular flexibility index (Phi) is 11.6. The second kappa shape index (κ2) is 15.6. The van der Waals surface area contributed by atoms with Crippen molar-refractivity contribution in [3.05, 3.63) is 120 Å². The van der Waals surface area contributed by atoms with Crippen molar-refractivity contribution in [2.24, 2.45) is 5.92 Å². The van der Waals surface area contributed by atoms with Crippen LogP contribution < -0.4 is 14.4 Å². The van der Waals surface area contributed by atoms with Crippen LogP contribution in [0.5, 0.6) is 11.5 Å². The lowest BCUT2D eigenvalue weighted by Crippen LogP contribution is -2.52. The molecule has 0 heterocycles. The molecule has 0 aliphatic rings. The average molecular weight is 648 g/mol. The molecule has 1 unspecified atom stereocenters. The van der Waals surface area contributed by atoms with Crippen molar-refractivity contribution in [3.63, 3.8) is 0 Å². The van der Waals surface area contributed by atoms with E-state index in [0.717, 1.165) is 9.87 Å². The first-order valence-electron chi connectivity index (χ1n) is 14.8. The molecule has 0 saturated heterocycles. The largest absolute Gasteiger partial charge is 0.457 e. The van der Waals surface area contributed by atoms with Crippen LogP contribution in [0.3, 0.4) is 0 Å². The van der Waals surface area contributed by atoms with Crippen LogP contribution in [0.15, 0.2) is 114 Å². The smallest absolute Gasteiger partial charge is 0.264 e. The Morgan fingerprint density at radius 2 is 1.40 bits per heavy atom. The SMILES string of the molecule is CCC(C(=O)NCC(C)C)N(Cc1ccc(Cl)cc1)C(=O)CN(c1ccc(Oc2ccccc2)cc1)S(=O)(=O)c1ccccc1. The minimum Gasteiger partial charge on any atom is -0.457 e. The van der Waals surface area contributed by atoms with E-state index < -0.39 is 28.5 Å². The zero-order chi connectivity index (χ0) is 32.4. The van der Waals surface area contributed by atoms with E-state index in [1.165, 1.54) is 17.0 Å². The van der Waals surface area contributed by atoms with E-state index in [4.69, 9.17) is 16.3 Å². The topological polar surface area (TPSA) is 96.0 Å². The zero-order valence-electron chi connectivity index (χ0n) is 25.6. The molecule has 10 heteroatoms. The molecule has 0 fully saturated rings. The Labute approximate surface area is 270 Å². The molecule has 0 bridgehead atoms.